The van der Waals surface area contributed by atoms with E-state index in [0.717, 1.165) is 17.2 Å². The van der Waals surface area contributed by atoms with Crippen LogP contribution < -0.4 is 9.47 Å². The summed E-state index contributed by atoms with van der Waals surface area (Å²) in [5.41, 5.74) is 1.97. The standard InChI is InChI=1S/C32H34ClFN2O5/c1-21-14-27(40-2)28(41-19-22-6-4-3-5-7-22)18-26(21)31(39)36-11-8-29(37)32(20-36)9-12-35(13-10-32)30(38)23-15-24(33)17-25(34)16-23/h3-7,14-18,29,37H,8-13,19-20H2,1-2H3. The van der Waals surface area contributed by atoms with Crippen LogP contribution in [0.3, 0.4) is 0 Å². The first-order valence-corrected chi connectivity index (χ1v) is 14.1. The van der Waals surface area contributed by atoms with Gasteiger partial charge in [0, 0.05) is 47.7 Å². The molecule has 1 atom stereocenters. The normalized spacial score (nSPS) is 18.3. The number of halogens is 2. The number of carbonyl (C=O) groups excluding carboxylic acids is 2. The van der Waals surface area contributed by atoms with E-state index in [1.807, 2.05) is 43.3 Å². The maximum absolute atomic E-state index is 13.8. The second-order valence-electron chi connectivity index (χ2n) is 10.9. The lowest BCUT2D eigenvalue weighted by molar-refractivity contribution is -0.0676. The molecule has 41 heavy (non-hydrogen) atoms. The fourth-order valence-corrected chi connectivity index (χ4v) is 6.12. The van der Waals surface area contributed by atoms with E-state index in [-0.39, 0.29) is 22.4 Å². The number of aliphatic hydroxyl groups excluding tert-OH is 1. The van der Waals surface area contributed by atoms with Gasteiger partial charge in [-0.3, -0.25) is 9.59 Å². The molecule has 1 spiro atoms. The monoisotopic (exact) mass is 580 g/mol. The lowest BCUT2D eigenvalue weighted by Gasteiger charge is -2.50. The van der Waals surface area contributed by atoms with Gasteiger partial charge < -0.3 is 24.4 Å². The van der Waals surface area contributed by atoms with Gasteiger partial charge in [-0.05, 0) is 67.6 Å². The average molecular weight is 581 g/mol. The number of benzene rings is 3. The number of nitrogens with zero attached hydrogens (tertiary/aromatic N) is 2. The van der Waals surface area contributed by atoms with Crippen LogP contribution in [0.4, 0.5) is 4.39 Å². The highest BCUT2D eigenvalue weighted by Crippen LogP contribution is 2.41. The summed E-state index contributed by atoms with van der Waals surface area (Å²) in [6, 6.07) is 17.1. The van der Waals surface area contributed by atoms with Crippen molar-refractivity contribution in [1.29, 1.82) is 0 Å². The number of hydrogen-bond donors (Lipinski definition) is 1. The van der Waals surface area contributed by atoms with E-state index >= 15 is 0 Å². The van der Waals surface area contributed by atoms with Crippen molar-refractivity contribution in [2.75, 3.05) is 33.3 Å². The number of aryl methyl sites for hydroxylation is 1. The van der Waals surface area contributed by atoms with Gasteiger partial charge >= 0.3 is 0 Å². The molecule has 7 nitrogen and oxygen atoms in total. The molecule has 2 saturated heterocycles. The predicted molar refractivity (Wildman–Crippen MR) is 154 cm³/mol. The van der Waals surface area contributed by atoms with Gasteiger partial charge in [-0.2, -0.15) is 0 Å². The summed E-state index contributed by atoms with van der Waals surface area (Å²) in [7, 11) is 1.57. The zero-order chi connectivity index (χ0) is 29.1. The Morgan fingerprint density at radius 1 is 1.00 bits per heavy atom. The Morgan fingerprint density at radius 2 is 1.73 bits per heavy atom. The summed E-state index contributed by atoms with van der Waals surface area (Å²) in [4.78, 5) is 30.3. The van der Waals surface area contributed by atoms with Crippen LogP contribution >= 0.6 is 11.6 Å². The van der Waals surface area contributed by atoms with Crippen LogP contribution in [0.2, 0.25) is 5.02 Å². The molecule has 216 valence electrons. The van der Waals surface area contributed by atoms with E-state index < -0.39 is 17.3 Å². The van der Waals surface area contributed by atoms with Gasteiger partial charge in [0.05, 0.1) is 13.2 Å². The molecule has 0 bridgehead atoms. The van der Waals surface area contributed by atoms with Crippen molar-refractivity contribution in [2.24, 2.45) is 5.41 Å². The molecule has 2 aliphatic rings. The lowest BCUT2D eigenvalue weighted by atomic mass is 9.70. The molecule has 2 fully saturated rings. The van der Waals surface area contributed by atoms with Crippen LogP contribution in [0.5, 0.6) is 11.5 Å². The van der Waals surface area contributed by atoms with E-state index in [1.54, 1.807) is 23.0 Å². The molecule has 2 heterocycles. The number of likely N-dealkylation sites (tertiary alicyclic amines) is 2. The quantitative estimate of drug-likeness (QED) is 0.416. The molecular formula is C32H34ClFN2O5. The van der Waals surface area contributed by atoms with Gasteiger partial charge in [-0.25, -0.2) is 4.39 Å². The van der Waals surface area contributed by atoms with E-state index in [9.17, 15) is 19.1 Å². The van der Waals surface area contributed by atoms with Gasteiger partial charge in [0.25, 0.3) is 11.8 Å². The molecule has 1 unspecified atom stereocenters. The van der Waals surface area contributed by atoms with Crippen LogP contribution in [0.1, 0.15) is 51.1 Å². The van der Waals surface area contributed by atoms with Gasteiger partial charge in [0.15, 0.2) is 11.5 Å². The third kappa shape index (κ3) is 6.19. The topological polar surface area (TPSA) is 79.3 Å². The van der Waals surface area contributed by atoms with E-state index in [0.29, 0.717) is 69.1 Å². The minimum atomic E-state index is -0.589. The molecule has 5 rings (SSSR count). The lowest BCUT2D eigenvalue weighted by Crippen LogP contribution is -2.58. The number of hydrogen-bond acceptors (Lipinski definition) is 5. The third-order valence-electron chi connectivity index (χ3n) is 8.31. The van der Waals surface area contributed by atoms with Crippen LogP contribution in [0, 0.1) is 18.2 Å². The molecule has 0 aliphatic carbocycles. The van der Waals surface area contributed by atoms with Crippen LogP contribution in [-0.4, -0.2) is 66.1 Å². The summed E-state index contributed by atoms with van der Waals surface area (Å²) in [6.45, 7) is 3.80. The molecule has 2 aliphatic heterocycles. The third-order valence-corrected chi connectivity index (χ3v) is 8.52. The number of aliphatic hydroxyl groups is 1. The zero-order valence-electron chi connectivity index (χ0n) is 23.2. The van der Waals surface area contributed by atoms with Gasteiger partial charge in [0.1, 0.15) is 12.4 Å². The minimum Gasteiger partial charge on any atom is -0.493 e. The Kier molecular flexibility index (Phi) is 8.52. The Bertz CT molecular complexity index is 1400. The molecule has 9 heteroatoms. The Morgan fingerprint density at radius 3 is 2.41 bits per heavy atom. The number of rotatable bonds is 6. The molecule has 2 amide bonds. The van der Waals surface area contributed by atoms with Gasteiger partial charge in [0.2, 0.25) is 0 Å². The van der Waals surface area contributed by atoms with Crippen molar-refractivity contribution in [3.8, 4) is 11.5 Å². The van der Waals surface area contributed by atoms with E-state index in [4.69, 9.17) is 21.1 Å². The molecule has 0 aromatic heterocycles. The van der Waals surface area contributed by atoms with Crippen LogP contribution in [0.15, 0.2) is 60.7 Å². The van der Waals surface area contributed by atoms with Gasteiger partial charge in [-0.15, -0.1) is 0 Å². The SMILES string of the molecule is COc1cc(C)c(C(=O)N2CCC(O)C3(CCN(C(=O)c4cc(F)cc(Cl)c4)CC3)C2)cc1OCc1ccccc1. The summed E-state index contributed by atoms with van der Waals surface area (Å²) in [6.07, 6.45) is 0.916. The number of piperidine rings is 2. The summed E-state index contributed by atoms with van der Waals surface area (Å²) >= 11 is 5.95. The first kappa shape index (κ1) is 28.9. The fraction of sp³-hybridized carbons (Fsp3) is 0.375. The van der Waals surface area contributed by atoms with Crippen molar-refractivity contribution >= 4 is 23.4 Å². The first-order chi connectivity index (χ1) is 19.7. The van der Waals surface area contributed by atoms with Crippen molar-refractivity contribution < 1.29 is 28.6 Å². The predicted octanol–water partition coefficient (Wildman–Crippen LogP) is 5.50. The van der Waals surface area contributed by atoms with E-state index in [2.05, 4.69) is 0 Å². The van der Waals surface area contributed by atoms with Crippen molar-refractivity contribution in [1.82, 2.24) is 9.80 Å². The summed E-state index contributed by atoms with van der Waals surface area (Å²) < 4.78 is 25.4. The Labute approximate surface area is 244 Å². The van der Waals surface area contributed by atoms with Crippen molar-refractivity contribution in [2.45, 2.75) is 38.9 Å². The second-order valence-corrected chi connectivity index (χ2v) is 11.4. The molecule has 3 aromatic rings. The summed E-state index contributed by atoms with van der Waals surface area (Å²) in [5, 5.41) is 11.2. The number of amides is 2. The fourth-order valence-electron chi connectivity index (χ4n) is 5.90. The Balaban J connectivity index is 1.30. The van der Waals surface area contributed by atoms with Crippen molar-refractivity contribution in [3.63, 3.8) is 0 Å². The second kappa shape index (κ2) is 12.1. The number of ether oxygens (including phenoxy) is 2. The largest absolute Gasteiger partial charge is 0.493 e. The maximum Gasteiger partial charge on any atom is 0.254 e. The smallest absolute Gasteiger partial charge is 0.254 e. The average Bonchev–Trinajstić information content (AvgIpc) is 2.97. The minimum absolute atomic E-state index is 0.131. The molecule has 0 radical (unpaired) electrons. The number of methoxy groups -OCH3 is 1. The molecular weight excluding hydrogens is 547 g/mol. The molecule has 3 aromatic carbocycles. The summed E-state index contributed by atoms with van der Waals surface area (Å²) in [5.74, 6) is 0.0531. The van der Waals surface area contributed by atoms with Crippen LogP contribution in [-0.2, 0) is 6.61 Å². The van der Waals surface area contributed by atoms with E-state index in [1.165, 1.54) is 12.1 Å². The maximum atomic E-state index is 13.8. The highest BCUT2D eigenvalue weighted by Gasteiger charge is 2.46. The highest BCUT2D eigenvalue weighted by atomic mass is 35.5. The zero-order valence-corrected chi connectivity index (χ0v) is 24.0. The van der Waals surface area contributed by atoms with Crippen molar-refractivity contribution in [3.05, 3.63) is 93.8 Å². The first-order valence-electron chi connectivity index (χ1n) is 13.8. The molecule has 1 N–H and O–H groups in total. The van der Waals surface area contributed by atoms with Crippen LogP contribution in [0.25, 0.3) is 0 Å². The molecule has 0 saturated carbocycles. The van der Waals surface area contributed by atoms with Gasteiger partial charge in [-0.1, -0.05) is 41.9 Å². The number of carbonyl (C=O) groups is 2. The highest BCUT2D eigenvalue weighted by molar-refractivity contribution is 6.31. The Hall–Kier alpha value is -3.62.